The van der Waals surface area contributed by atoms with Crippen LogP contribution in [-0.4, -0.2) is 4.98 Å². The molecule has 258 valence electrons. The van der Waals surface area contributed by atoms with Crippen LogP contribution < -0.4 is 0 Å². The third-order valence-electron chi connectivity index (χ3n) is 12.7. The highest BCUT2D eigenvalue weighted by Gasteiger charge is 2.52. The molecule has 0 radical (unpaired) electrons. The zero-order valence-electron chi connectivity index (χ0n) is 30.3. The highest BCUT2D eigenvalue weighted by molar-refractivity contribution is 7.26. The molecule has 0 aliphatic heterocycles. The summed E-state index contributed by atoms with van der Waals surface area (Å²) in [6.07, 6.45) is 1.96. The van der Waals surface area contributed by atoms with Crippen LogP contribution in [0.5, 0.6) is 0 Å². The van der Waals surface area contributed by atoms with Crippen molar-refractivity contribution in [3.05, 3.63) is 210 Å². The van der Waals surface area contributed by atoms with Crippen molar-refractivity contribution < 1.29 is 0 Å². The summed E-state index contributed by atoms with van der Waals surface area (Å²) in [4.78, 5) is 5.16. The molecule has 2 heterocycles. The summed E-state index contributed by atoms with van der Waals surface area (Å²) < 4.78 is 2.66. The van der Waals surface area contributed by atoms with E-state index in [-0.39, 0.29) is 0 Å². The molecular formula is C54H31NS. The second kappa shape index (κ2) is 11.1. The molecule has 2 heteroatoms. The van der Waals surface area contributed by atoms with Crippen molar-refractivity contribution in [3.63, 3.8) is 0 Å². The molecule has 11 aromatic rings. The molecule has 2 aromatic heterocycles. The zero-order valence-corrected chi connectivity index (χ0v) is 31.1. The molecule has 1 unspecified atom stereocenters. The lowest BCUT2D eigenvalue weighted by Crippen LogP contribution is -2.26. The summed E-state index contributed by atoms with van der Waals surface area (Å²) in [7, 11) is 0. The van der Waals surface area contributed by atoms with E-state index in [4.69, 9.17) is 4.98 Å². The van der Waals surface area contributed by atoms with Gasteiger partial charge >= 0.3 is 0 Å². The van der Waals surface area contributed by atoms with Gasteiger partial charge in [0.2, 0.25) is 0 Å². The fraction of sp³-hybridized carbons (Fsp3) is 0.0185. The van der Waals surface area contributed by atoms with Crippen LogP contribution in [0.2, 0.25) is 0 Å². The van der Waals surface area contributed by atoms with Crippen LogP contribution in [0, 0.1) is 0 Å². The summed E-state index contributed by atoms with van der Waals surface area (Å²) in [5, 5.41) is 10.3. The summed E-state index contributed by atoms with van der Waals surface area (Å²) in [5.41, 5.74) is 14.7. The summed E-state index contributed by atoms with van der Waals surface area (Å²) in [5.74, 6) is 0. The first kappa shape index (κ1) is 30.5. The summed E-state index contributed by atoms with van der Waals surface area (Å²) >= 11 is 1.91. The van der Waals surface area contributed by atoms with Gasteiger partial charge in [0.15, 0.2) is 0 Å². The summed E-state index contributed by atoms with van der Waals surface area (Å²) in [6.45, 7) is 0. The molecule has 1 nitrogen and oxygen atoms in total. The monoisotopic (exact) mass is 725 g/mol. The molecular weight excluding hydrogens is 695 g/mol. The number of fused-ring (bicyclic) bond motifs is 17. The molecule has 0 N–H and O–H groups in total. The van der Waals surface area contributed by atoms with Gasteiger partial charge in [0.1, 0.15) is 0 Å². The fourth-order valence-electron chi connectivity index (χ4n) is 10.5. The Morgan fingerprint density at radius 2 is 1.02 bits per heavy atom. The molecule has 0 bridgehead atoms. The smallest absolute Gasteiger partial charge is 0.0753 e. The number of rotatable bonds is 2. The van der Waals surface area contributed by atoms with E-state index in [1.165, 1.54) is 114 Å². The van der Waals surface area contributed by atoms with Crippen LogP contribution in [0.15, 0.2) is 188 Å². The van der Waals surface area contributed by atoms with Gasteiger partial charge in [-0.15, -0.1) is 11.3 Å². The van der Waals surface area contributed by atoms with Gasteiger partial charge in [0.25, 0.3) is 0 Å². The maximum atomic E-state index is 5.16. The van der Waals surface area contributed by atoms with Gasteiger partial charge in [-0.25, -0.2) is 0 Å². The highest BCUT2D eigenvalue weighted by Crippen LogP contribution is 2.64. The molecule has 9 aromatic carbocycles. The number of hydrogen-bond acceptors (Lipinski definition) is 2. The Morgan fingerprint density at radius 1 is 0.375 bits per heavy atom. The molecule has 1 atom stereocenters. The molecule has 0 saturated carbocycles. The molecule has 0 amide bonds. The van der Waals surface area contributed by atoms with Crippen LogP contribution in [0.25, 0.3) is 97.1 Å². The molecule has 2 aliphatic rings. The van der Waals surface area contributed by atoms with Crippen molar-refractivity contribution in [3.8, 4) is 44.6 Å². The van der Waals surface area contributed by atoms with Crippen molar-refractivity contribution in [2.24, 2.45) is 0 Å². The Kier molecular flexibility index (Phi) is 6.04. The second-order valence-corrected chi connectivity index (χ2v) is 16.4. The Bertz CT molecular complexity index is 3430. The minimum Gasteiger partial charge on any atom is -0.256 e. The number of aromatic nitrogens is 1. The van der Waals surface area contributed by atoms with E-state index in [1.54, 1.807) is 0 Å². The lowest BCUT2D eigenvalue weighted by molar-refractivity contribution is 0.793. The van der Waals surface area contributed by atoms with E-state index in [1.807, 2.05) is 17.5 Å². The molecule has 1 spiro atoms. The third-order valence-corrected chi connectivity index (χ3v) is 13.8. The van der Waals surface area contributed by atoms with Crippen LogP contribution in [-0.2, 0) is 5.41 Å². The molecule has 0 fully saturated rings. The van der Waals surface area contributed by atoms with E-state index in [9.17, 15) is 0 Å². The fourth-order valence-corrected chi connectivity index (χ4v) is 11.7. The normalized spacial score (nSPS) is 15.2. The number of benzene rings is 9. The number of hydrogen-bond donors (Lipinski definition) is 0. The number of nitrogens with zero attached hydrogens (tertiary/aromatic N) is 1. The quantitative estimate of drug-likeness (QED) is 0.162. The van der Waals surface area contributed by atoms with Gasteiger partial charge in [0.05, 0.1) is 11.1 Å². The van der Waals surface area contributed by atoms with E-state index < -0.39 is 5.41 Å². The van der Waals surface area contributed by atoms with Gasteiger partial charge in [-0.1, -0.05) is 152 Å². The number of thiophene rings is 1. The minimum atomic E-state index is -0.524. The lowest BCUT2D eigenvalue weighted by Gasteiger charge is -2.30. The van der Waals surface area contributed by atoms with E-state index in [0.717, 1.165) is 5.69 Å². The average molecular weight is 726 g/mol. The third kappa shape index (κ3) is 3.82. The van der Waals surface area contributed by atoms with Crippen molar-refractivity contribution in [1.29, 1.82) is 0 Å². The van der Waals surface area contributed by atoms with Gasteiger partial charge in [-0.3, -0.25) is 4.98 Å². The SMILES string of the molecule is c1ccc(-c2c3ccccc3c(-c3ccc4c(c3)C3(c5ccccc5-c5cc6sc7ccc8ccccc8c7c6cc53)c3cccnc3-4)c3ccccc23)cc1. The first-order valence-electron chi connectivity index (χ1n) is 19.4. The van der Waals surface area contributed by atoms with Crippen molar-refractivity contribution in [2.75, 3.05) is 0 Å². The zero-order chi connectivity index (χ0) is 36.5. The van der Waals surface area contributed by atoms with Gasteiger partial charge in [0, 0.05) is 31.9 Å². The first-order valence-corrected chi connectivity index (χ1v) is 20.2. The Balaban J connectivity index is 1.16. The lowest BCUT2D eigenvalue weighted by atomic mass is 9.70. The predicted molar refractivity (Wildman–Crippen MR) is 237 cm³/mol. The van der Waals surface area contributed by atoms with Crippen molar-refractivity contribution >= 4 is 63.8 Å². The Labute approximate surface area is 327 Å². The van der Waals surface area contributed by atoms with Crippen molar-refractivity contribution in [2.45, 2.75) is 5.41 Å². The largest absolute Gasteiger partial charge is 0.256 e. The molecule has 0 saturated heterocycles. The highest BCUT2D eigenvalue weighted by atomic mass is 32.1. The summed E-state index contributed by atoms with van der Waals surface area (Å²) in [6, 6.07) is 68.1. The first-order chi connectivity index (χ1) is 27.8. The predicted octanol–water partition coefficient (Wildman–Crippen LogP) is 14.6. The van der Waals surface area contributed by atoms with Gasteiger partial charge in [-0.2, -0.15) is 0 Å². The van der Waals surface area contributed by atoms with E-state index >= 15 is 0 Å². The topological polar surface area (TPSA) is 12.9 Å². The van der Waals surface area contributed by atoms with Crippen LogP contribution in [0.1, 0.15) is 22.3 Å². The van der Waals surface area contributed by atoms with E-state index in [2.05, 4.69) is 182 Å². The average Bonchev–Trinajstić information content (AvgIpc) is 3.88. The molecule has 56 heavy (non-hydrogen) atoms. The maximum Gasteiger partial charge on any atom is 0.0753 e. The second-order valence-electron chi connectivity index (χ2n) is 15.3. The number of pyridine rings is 1. The minimum absolute atomic E-state index is 0.524. The standard InChI is InChI=1S/C54H31NS/c1-2-14-33(15-3-1)50-37-18-6-8-20-39(37)51(40-21-9-7-19-38(40)50)34-24-26-41-46(29-34)54(45-23-12-28-55-53(41)45)44-22-11-10-17-36(44)42-31-49-43(30-47(42)54)52-35-16-5-4-13-32(35)25-27-48(52)56-49/h1-31H. The van der Waals surface area contributed by atoms with Crippen LogP contribution in [0.3, 0.4) is 0 Å². The van der Waals surface area contributed by atoms with E-state index in [0.29, 0.717) is 0 Å². The van der Waals surface area contributed by atoms with Crippen LogP contribution in [0.4, 0.5) is 0 Å². The Morgan fingerprint density at radius 3 is 1.80 bits per heavy atom. The van der Waals surface area contributed by atoms with Crippen LogP contribution >= 0.6 is 11.3 Å². The van der Waals surface area contributed by atoms with Crippen molar-refractivity contribution in [1.82, 2.24) is 4.98 Å². The van der Waals surface area contributed by atoms with Gasteiger partial charge < -0.3 is 0 Å². The molecule has 13 rings (SSSR count). The maximum absolute atomic E-state index is 5.16. The van der Waals surface area contributed by atoms with Gasteiger partial charge in [-0.05, 0) is 118 Å². The molecule has 2 aliphatic carbocycles. The Hall–Kier alpha value is -6.87.